The maximum absolute atomic E-state index is 10.9. The lowest BCUT2D eigenvalue weighted by Gasteiger charge is -2.01. The molecule has 0 aromatic heterocycles. The van der Waals surface area contributed by atoms with Crippen LogP contribution in [0.4, 0.5) is 0 Å². The summed E-state index contributed by atoms with van der Waals surface area (Å²) in [6, 6.07) is 9.95. The van der Waals surface area contributed by atoms with Crippen molar-refractivity contribution in [2.75, 3.05) is 6.61 Å². The van der Waals surface area contributed by atoms with E-state index >= 15 is 0 Å². The zero-order valence-electron chi connectivity index (χ0n) is 7.65. The number of benzene rings is 1. The quantitative estimate of drug-likeness (QED) is 0.486. The molecule has 0 amide bonds. The number of esters is 1. The van der Waals surface area contributed by atoms with Gasteiger partial charge in [-0.1, -0.05) is 52.9 Å². The van der Waals surface area contributed by atoms with Crippen LogP contribution < -0.4 is 0 Å². The van der Waals surface area contributed by atoms with Crippen molar-refractivity contribution in [1.29, 1.82) is 0 Å². The molecule has 2 nitrogen and oxygen atoms in total. The van der Waals surface area contributed by atoms with E-state index in [0.717, 1.165) is 6.42 Å². The first-order chi connectivity index (χ1) is 6.83. The predicted molar refractivity (Wildman–Crippen MR) is 64.3 cm³/mol. The smallest absolute Gasteiger partial charge is 0.331 e. The summed E-state index contributed by atoms with van der Waals surface area (Å²) >= 11 is 1.98. The third-order valence-corrected chi connectivity index (χ3v) is 2.04. The Bertz CT molecular complexity index is 306. The van der Waals surface area contributed by atoms with E-state index in [1.807, 2.05) is 52.9 Å². The van der Waals surface area contributed by atoms with Crippen molar-refractivity contribution in [2.24, 2.45) is 0 Å². The molecule has 0 atom stereocenters. The molecule has 0 fully saturated rings. The molecule has 3 heteroatoms. The highest BCUT2D eigenvalue weighted by Crippen LogP contribution is 1.99. The number of hydrogen-bond acceptors (Lipinski definition) is 2. The Labute approximate surface area is 97.1 Å². The molecule has 0 aliphatic carbocycles. The van der Waals surface area contributed by atoms with Gasteiger partial charge >= 0.3 is 5.97 Å². The van der Waals surface area contributed by atoms with Crippen molar-refractivity contribution >= 4 is 28.6 Å². The fraction of sp³-hybridized carbons (Fsp3) is 0.182. The van der Waals surface area contributed by atoms with E-state index in [4.69, 9.17) is 4.74 Å². The average Bonchev–Trinajstić information content (AvgIpc) is 2.20. The van der Waals surface area contributed by atoms with Gasteiger partial charge < -0.3 is 4.74 Å². The first kappa shape index (κ1) is 11.2. The molecule has 0 saturated carbocycles. The fourth-order valence-electron chi connectivity index (χ4n) is 1.01. The number of hydrogen-bond donors (Lipinski definition) is 0. The Balaban J connectivity index is 2.25. The van der Waals surface area contributed by atoms with Crippen LogP contribution in [0.2, 0.25) is 0 Å². The molecule has 1 aromatic carbocycles. The van der Waals surface area contributed by atoms with Gasteiger partial charge in [0.2, 0.25) is 0 Å². The highest BCUT2D eigenvalue weighted by Gasteiger charge is 1.96. The van der Waals surface area contributed by atoms with Crippen molar-refractivity contribution < 1.29 is 9.53 Å². The lowest BCUT2D eigenvalue weighted by Crippen LogP contribution is -2.04. The van der Waals surface area contributed by atoms with Crippen LogP contribution in [0.5, 0.6) is 0 Å². The molecule has 74 valence electrons. The highest BCUT2D eigenvalue weighted by atomic mass is 127. The van der Waals surface area contributed by atoms with Crippen LogP contribution in [0.15, 0.2) is 40.5 Å². The molecule has 0 aliphatic heterocycles. The largest absolute Gasteiger partial charge is 0.462 e. The first-order valence-electron chi connectivity index (χ1n) is 4.30. The Hall–Kier alpha value is -0.840. The van der Waals surface area contributed by atoms with Crippen molar-refractivity contribution in [3.63, 3.8) is 0 Å². The van der Waals surface area contributed by atoms with Gasteiger partial charge in [-0.05, 0) is 9.65 Å². The van der Waals surface area contributed by atoms with Gasteiger partial charge in [0.05, 0.1) is 6.61 Å². The minimum Gasteiger partial charge on any atom is -0.462 e. The summed E-state index contributed by atoms with van der Waals surface area (Å²) in [5.74, 6) is -0.282. The molecule has 0 radical (unpaired) electrons. The molecule has 0 bridgehead atoms. The van der Waals surface area contributed by atoms with Gasteiger partial charge in [-0.3, -0.25) is 0 Å². The molecule has 1 aromatic rings. The lowest BCUT2D eigenvalue weighted by molar-refractivity contribution is -0.137. The molecule has 0 unspecified atom stereocenters. The predicted octanol–water partition coefficient (Wildman–Crippen LogP) is 2.72. The van der Waals surface area contributed by atoms with Gasteiger partial charge in [-0.2, -0.15) is 0 Å². The van der Waals surface area contributed by atoms with E-state index in [9.17, 15) is 4.79 Å². The number of rotatable bonds is 4. The van der Waals surface area contributed by atoms with Gasteiger partial charge in [0.25, 0.3) is 0 Å². The highest BCUT2D eigenvalue weighted by molar-refractivity contribution is 14.1. The topological polar surface area (TPSA) is 26.3 Å². The van der Waals surface area contributed by atoms with Crippen molar-refractivity contribution in [3.8, 4) is 0 Å². The van der Waals surface area contributed by atoms with E-state index in [1.54, 1.807) is 4.08 Å². The van der Waals surface area contributed by atoms with Crippen LogP contribution >= 0.6 is 22.6 Å². The Morgan fingerprint density at radius 3 is 2.71 bits per heavy atom. The monoisotopic (exact) mass is 302 g/mol. The SMILES string of the molecule is O=C(/C=C/I)OCCc1ccccc1. The van der Waals surface area contributed by atoms with Gasteiger partial charge in [0.15, 0.2) is 0 Å². The third-order valence-electron chi connectivity index (χ3n) is 1.68. The summed E-state index contributed by atoms with van der Waals surface area (Å²) in [7, 11) is 0. The summed E-state index contributed by atoms with van der Waals surface area (Å²) in [5.41, 5.74) is 1.18. The van der Waals surface area contributed by atoms with Crippen LogP contribution in [-0.4, -0.2) is 12.6 Å². The van der Waals surface area contributed by atoms with Crippen LogP contribution in [0.25, 0.3) is 0 Å². The van der Waals surface area contributed by atoms with Gasteiger partial charge in [0.1, 0.15) is 0 Å². The zero-order valence-corrected chi connectivity index (χ0v) is 9.81. The number of carbonyl (C=O) groups is 1. The number of carbonyl (C=O) groups excluding carboxylic acids is 1. The molecule has 0 N–H and O–H groups in total. The molecule has 0 heterocycles. The summed E-state index contributed by atoms with van der Waals surface area (Å²) in [5, 5.41) is 0. The minimum atomic E-state index is -0.282. The Morgan fingerprint density at radius 1 is 1.36 bits per heavy atom. The normalized spacial score (nSPS) is 10.4. The van der Waals surface area contributed by atoms with Crippen LogP contribution in [0.3, 0.4) is 0 Å². The van der Waals surface area contributed by atoms with E-state index in [-0.39, 0.29) is 5.97 Å². The van der Waals surface area contributed by atoms with E-state index in [1.165, 1.54) is 11.6 Å². The molecular formula is C11H11IO2. The van der Waals surface area contributed by atoms with Crippen molar-refractivity contribution in [2.45, 2.75) is 6.42 Å². The maximum atomic E-state index is 10.9. The van der Waals surface area contributed by atoms with Crippen LogP contribution in [-0.2, 0) is 16.0 Å². The van der Waals surface area contributed by atoms with Gasteiger partial charge in [0, 0.05) is 12.5 Å². The molecule has 0 spiro atoms. The molecule has 0 aliphatic rings. The maximum Gasteiger partial charge on any atom is 0.331 e. The molecule has 14 heavy (non-hydrogen) atoms. The minimum absolute atomic E-state index is 0.282. The van der Waals surface area contributed by atoms with Crippen molar-refractivity contribution in [3.05, 3.63) is 46.1 Å². The van der Waals surface area contributed by atoms with Gasteiger partial charge in [-0.15, -0.1) is 0 Å². The van der Waals surface area contributed by atoms with Crippen LogP contribution in [0.1, 0.15) is 5.56 Å². The summed E-state index contributed by atoms with van der Waals surface area (Å²) in [6.07, 6.45) is 2.17. The second kappa shape index (κ2) is 6.59. The number of halogens is 1. The molecule has 0 saturated heterocycles. The van der Waals surface area contributed by atoms with E-state index < -0.39 is 0 Å². The van der Waals surface area contributed by atoms with Crippen LogP contribution in [0, 0.1) is 0 Å². The standard InChI is InChI=1S/C11H11IO2/c12-8-6-11(13)14-9-7-10-4-2-1-3-5-10/h1-6,8H,7,9H2/b8-6+. The number of ether oxygens (including phenoxy) is 1. The van der Waals surface area contributed by atoms with Crippen molar-refractivity contribution in [1.82, 2.24) is 0 Å². The lowest BCUT2D eigenvalue weighted by atomic mass is 10.2. The third kappa shape index (κ3) is 4.41. The van der Waals surface area contributed by atoms with E-state index in [0.29, 0.717) is 6.61 Å². The summed E-state index contributed by atoms with van der Waals surface area (Å²) in [6.45, 7) is 0.434. The summed E-state index contributed by atoms with van der Waals surface area (Å²) < 4.78 is 6.60. The first-order valence-corrected chi connectivity index (χ1v) is 5.55. The van der Waals surface area contributed by atoms with Gasteiger partial charge in [-0.25, -0.2) is 4.79 Å². The average molecular weight is 302 g/mol. The Morgan fingerprint density at radius 2 is 2.07 bits per heavy atom. The zero-order chi connectivity index (χ0) is 10.2. The second-order valence-corrected chi connectivity index (χ2v) is 3.41. The summed E-state index contributed by atoms with van der Waals surface area (Å²) in [4.78, 5) is 10.9. The molecule has 1 rings (SSSR count). The van der Waals surface area contributed by atoms with E-state index in [2.05, 4.69) is 0 Å². The fourth-order valence-corrected chi connectivity index (χ4v) is 1.31. The molecular weight excluding hydrogens is 291 g/mol. The second-order valence-electron chi connectivity index (χ2n) is 2.70. The Kier molecular flexibility index (Phi) is 5.29.